The first-order valence-corrected chi connectivity index (χ1v) is 11.0. The van der Waals surface area contributed by atoms with Gasteiger partial charge in [0.25, 0.3) is 0 Å². The molecule has 0 unspecified atom stereocenters. The standard InChI is InChI=1S/C13H15NO4.C10H11BrO3/c1-9(15)10-4-2-5-11(8-10)14-12(16)6-3-7-13(17)18;11-6-1-7-14-9-4-2-8(3-5-9)10(12)13/h2,4-5,8H,3,6-7H2,1H3,(H,14,16)(H,17,18);2-5H,1,6-7H2,(H,12,13). The Morgan fingerprint density at radius 3 is 2.19 bits per heavy atom. The molecule has 8 nitrogen and oxygen atoms in total. The number of nitrogens with one attached hydrogen (secondary N) is 1. The molecular formula is C23H26BrNO7. The molecule has 0 saturated carbocycles. The van der Waals surface area contributed by atoms with Crippen molar-refractivity contribution >= 4 is 45.2 Å². The number of ketones is 1. The molecule has 2 rings (SSSR count). The number of alkyl halides is 1. The topological polar surface area (TPSA) is 130 Å². The molecule has 32 heavy (non-hydrogen) atoms. The Hall–Kier alpha value is -3.20. The van der Waals surface area contributed by atoms with E-state index in [2.05, 4.69) is 21.2 Å². The predicted molar refractivity (Wildman–Crippen MR) is 124 cm³/mol. The third-order valence-electron chi connectivity index (χ3n) is 4.00. The summed E-state index contributed by atoms with van der Waals surface area (Å²) >= 11 is 3.30. The smallest absolute Gasteiger partial charge is 0.335 e. The van der Waals surface area contributed by atoms with Crippen LogP contribution in [0.2, 0.25) is 0 Å². The number of aromatic carboxylic acids is 1. The summed E-state index contributed by atoms with van der Waals surface area (Å²) in [6, 6.07) is 13.0. The van der Waals surface area contributed by atoms with Gasteiger partial charge in [-0.3, -0.25) is 14.4 Å². The van der Waals surface area contributed by atoms with Crippen molar-refractivity contribution in [1.29, 1.82) is 0 Å². The lowest BCUT2D eigenvalue weighted by Gasteiger charge is -2.05. The van der Waals surface area contributed by atoms with Crippen LogP contribution >= 0.6 is 15.9 Å². The van der Waals surface area contributed by atoms with Crippen LogP contribution in [-0.4, -0.2) is 45.8 Å². The summed E-state index contributed by atoms with van der Waals surface area (Å²) in [4.78, 5) is 43.5. The normalized spacial score (nSPS) is 9.81. The Bertz CT molecular complexity index is 913. The molecule has 0 aromatic heterocycles. The molecule has 0 atom stereocenters. The summed E-state index contributed by atoms with van der Waals surface area (Å²) in [5.41, 5.74) is 1.35. The Balaban J connectivity index is 0.000000330. The summed E-state index contributed by atoms with van der Waals surface area (Å²) in [5.74, 6) is -1.46. The molecule has 2 aromatic rings. The number of amides is 1. The molecular weight excluding hydrogens is 482 g/mol. The van der Waals surface area contributed by atoms with Gasteiger partial charge in [0.15, 0.2) is 5.78 Å². The number of Topliss-reactive ketones (excluding diaryl/α,β-unsaturated/α-hetero) is 1. The number of carboxylic acid groups (broad SMARTS) is 2. The minimum absolute atomic E-state index is 0.0269. The SMILES string of the molecule is CC(=O)c1cccc(NC(=O)CCCC(=O)O)c1.O=C(O)c1ccc(OCCCBr)cc1. The highest BCUT2D eigenvalue weighted by atomic mass is 79.9. The third kappa shape index (κ3) is 11.3. The molecule has 0 saturated heterocycles. The van der Waals surface area contributed by atoms with Crippen LogP contribution in [0.3, 0.4) is 0 Å². The number of carbonyl (C=O) groups is 4. The van der Waals surface area contributed by atoms with E-state index in [4.69, 9.17) is 14.9 Å². The maximum atomic E-state index is 11.5. The first kappa shape index (κ1) is 26.8. The maximum absolute atomic E-state index is 11.5. The molecule has 0 heterocycles. The predicted octanol–water partition coefficient (Wildman–Crippen LogP) is 4.63. The average molecular weight is 508 g/mol. The number of carbonyl (C=O) groups excluding carboxylic acids is 2. The van der Waals surface area contributed by atoms with Crippen LogP contribution in [0.1, 0.15) is 53.3 Å². The minimum atomic E-state index is -0.919. The van der Waals surface area contributed by atoms with Crippen molar-refractivity contribution in [1.82, 2.24) is 0 Å². The van der Waals surface area contributed by atoms with Crippen LogP contribution in [0.25, 0.3) is 0 Å². The number of rotatable bonds is 11. The van der Waals surface area contributed by atoms with Crippen molar-refractivity contribution in [2.75, 3.05) is 17.3 Å². The fourth-order valence-corrected chi connectivity index (χ4v) is 2.61. The lowest BCUT2D eigenvalue weighted by atomic mass is 10.1. The van der Waals surface area contributed by atoms with Crippen LogP contribution < -0.4 is 10.1 Å². The van der Waals surface area contributed by atoms with Crippen molar-refractivity contribution in [3.63, 3.8) is 0 Å². The minimum Gasteiger partial charge on any atom is -0.494 e. The second kappa shape index (κ2) is 14.7. The quantitative estimate of drug-likeness (QED) is 0.229. The van der Waals surface area contributed by atoms with Gasteiger partial charge in [0.05, 0.1) is 12.2 Å². The second-order valence-corrected chi connectivity index (χ2v) is 7.45. The zero-order valence-electron chi connectivity index (χ0n) is 17.7. The van der Waals surface area contributed by atoms with E-state index in [1.54, 1.807) is 36.4 Å². The van der Waals surface area contributed by atoms with Crippen molar-refractivity contribution < 1.29 is 34.1 Å². The summed E-state index contributed by atoms with van der Waals surface area (Å²) in [7, 11) is 0. The Morgan fingerprint density at radius 1 is 0.938 bits per heavy atom. The number of aliphatic carboxylic acids is 1. The van der Waals surface area contributed by atoms with E-state index < -0.39 is 11.9 Å². The molecule has 0 spiro atoms. The van der Waals surface area contributed by atoms with Crippen molar-refractivity contribution in [2.45, 2.75) is 32.6 Å². The lowest BCUT2D eigenvalue weighted by Crippen LogP contribution is -2.12. The molecule has 0 aliphatic rings. The van der Waals surface area contributed by atoms with E-state index >= 15 is 0 Å². The highest BCUT2D eigenvalue weighted by Gasteiger charge is 2.06. The van der Waals surface area contributed by atoms with Gasteiger partial charge in [0, 0.05) is 29.4 Å². The number of anilines is 1. The molecule has 172 valence electrons. The highest BCUT2D eigenvalue weighted by Crippen LogP contribution is 2.13. The molecule has 0 bridgehead atoms. The zero-order valence-corrected chi connectivity index (χ0v) is 19.3. The Morgan fingerprint density at radius 2 is 1.62 bits per heavy atom. The van der Waals surface area contributed by atoms with Crippen LogP contribution in [0, 0.1) is 0 Å². The van der Waals surface area contributed by atoms with Gasteiger partial charge in [-0.1, -0.05) is 28.1 Å². The number of ether oxygens (including phenoxy) is 1. The van der Waals surface area contributed by atoms with Crippen LogP contribution in [0.15, 0.2) is 48.5 Å². The van der Waals surface area contributed by atoms with Crippen molar-refractivity contribution in [3.05, 3.63) is 59.7 Å². The van der Waals surface area contributed by atoms with E-state index in [0.717, 1.165) is 11.8 Å². The third-order valence-corrected chi connectivity index (χ3v) is 4.56. The van der Waals surface area contributed by atoms with Gasteiger partial charge >= 0.3 is 11.9 Å². The number of hydrogen-bond acceptors (Lipinski definition) is 5. The highest BCUT2D eigenvalue weighted by molar-refractivity contribution is 9.09. The Kier molecular flexibility index (Phi) is 12.4. The monoisotopic (exact) mass is 507 g/mol. The van der Waals surface area contributed by atoms with Gasteiger partial charge < -0.3 is 20.3 Å². The zero-order chi connectivity index (χ0) is 23.9. The van der Waals surface area contributed by atoms with Gasteiger partial charge in [-0.2, -0.15) is 0 Å². The molecule has 0 fully saturated rings. The summed E-state index contributed by atoms with van der Waals surface area (Å²) < 4.78 is 5.36. The van der Waals surface area contributed by atoms with E-state index in [0.29, 0.717) is 30.0 Å². The number of hydrogen-bond donors (Lipinski definition) is 3. The van der Waals surface area contributed by atoms with Crippen molar-refractivity contribution in [2.24, 2.45) is 0 Å². The molecule has 0 radical (unpaired) electrons. The summed E-state index contributed by atoms with van der Waals surface area (Å²) in [6.07, 6.45) is 1.35. The molecule has 2 aromatic carbocycles. The fourth-order valence-electron chi connectivity index (χ4n) is 2.38. The van der Waals surface area contributed by atoms with Crippen LogP contribution in [0.4, 0.5) is 5.69 Å². The van der Waals surface area contributed by atoms with Gasteiger partial charge in [0.2, 0.25) is 5.91 Å². The van der Waals surface area contributed by atoms with E-state index in [9.17, 15) is 19.2 Å². The van der Waals surface area contributed by atoms with Gasteiger partial charge in [-0.25, -0.2) is 4.79 Å². The van der Waals surface area contributed by atoms with E-state index in [1.165, 1.54) is 19.1 Å². The first-order chi connectivity index (χ1) is 15.2. The van der Waals surface area contributed by atoms with E-state index in [1.807, 2.05) is 0 Å². The molecule has 0 aliphatic heterocycles. The molecule has 3 N–H and O–H groups in total. The largest absolute Gasteiger partial charge is 0.494 e. The molecule has 0 aliphatic carbocycles. The van der Waals surface area contributed by atoms with E-state index in [-0.39, 0.29) is 30.1 Å². The first-order valence-electron chi connectivity index (χ1n) is 9.87. The van der Waals surface area contributed by atoms with Crippen LogP contribution in [-0.2, 0) is 9.59 Å². The van der Waals surface area contributed by atoms with Gasteiger partial charge in [-0.15, -0.1) is 0 Å². The summed E-state index contributed by atoms with van der Waals surface area (Å²) in [5, 5.41) is 20.6. The van der Waals surface area contributed by atoms with Gasteiger partial charge in [0.1, 0.15) is 5.75 Å². The Labute approximate surface area is 194 Å². The number of halogens is 1. The maximum Gasteiger partial charge on any atom is 0.335 e. The second-order valence-electron chi connectivity index (χ2n) is 6.65. The number of carboxylic acids is 2. The fraction of sp³-hybridized carbons (Fsp3) is 0.304. The van der Waals surface area contributed by atoms with Gasteiger partial charge in [-0.05, 0) is 56.2 Å². The number of benzene rings is 2. The van der Waals surface area contributed by atoms with Crippen LogP contribution in [0.5, 0.6) is 5.75 Å². The van der Waals surface area contributed by atoms with Crippen molar-refractivity contribution in [3.8, 4) is 5.75 Å². The molecule has 9 heteroatoms. The lowest BCUT2D eigenvalue weighted by molar-refractivity contribution is -0.137. The molecule has 1 amide bonds. The summed E-state index contributed by atoms with van der Waals surface area (Å²) in [6.45, 7) is 2.09. The average Bonchev–Trinajstić information content (AvgIpc) is 2.74.